The van der Waals surface area contributed by atoms with Crippen LogP contribution in [-0.4, -0.2) is 34.5 Å². The first kappa shape index (κ1) is 15.8. The maximum Gasteiger partial charge on any atom is 0.137 e. The molecule has 1 aromatic carbocycles. The van der Waals surface area contributed by atoms with Gasteiger partial charge in [-0.25, -0.2) is 4.98 Å². The van der Waals surface area contributed by atoms with Gasteiger partial charge < -0.3 is 9.14 Å². The molecule has 2 heterocycles. The number of aromatic nitrogens is 2. The fourth-order valence-electron chi connectivity index (χ4n) is 2.48. The molecule has 0 unspecified atom stereocenters. The minimum atomic E-state index is 0.629. The second-order valence-corrected chi connectivity index (χ2v) is 6.10. The number of hydrogen-bond acceptors (Lipinski definition) is 3. The summed E-state index contributed by atoms with van der Waals surface area (Å²) in [6.45, 7) is 4.34. The molecule has 0 atom stereocenters. The molecule has 120 valence electrons. The fourth-order valence-corrected chi connectivity index (χ4v) is 2.61. The van der Waals surface area contributed by atoms with Gasteiger partial charge in [0.25, 0.3) is 0 Å². The van der Waals surface area contributed by atoms with Crippen LogP contribution in [0.4, 0.5) is 0 Å². The van der Waals surface area contributed by atoms with Crippen molar-refractivity contribution in [3.05, 3.63) is 65.1 Å². The third-order valence-electron chi connectivity index (χ3n) is 3.73. The van der Waals surface area contributed by atoms with Crippen LogP contribution in [0.1, 0.15) is 11.4 Å². The van der Waals surface area contributed by atoms with Crippen LogP contribution in [-0.2, 0) is 6.54 Å². The van der Waals surface area contributed by atoms with E-state index < -0.39 is 0 Å². The van der Waals surface area contributed by atoms with Gasteiger partial charge in [-0.3, -0.25) is 4.90 Å². The number of rotatable bonds is 6. The average molecular weight is 330 g/mol. The van der Waals surface area contributed by atoms with Crippen LogP contribution in [0.25, 0.3) is 5.65 Å². The summed E-state index contributed by atoms with van der Waals surface area (Å²) in [6, 6.07) is 13.6. The van der Waals surface area contributed by atoms with E-state index in [1.165, 1.54) is 5.69 Å². The Morgan fingerprint density at radius 1 is 1.17 bits per heavy atom. The monoisotopic (exact) mass is 329 g/mol. The molecule has 0 saturated carbocycles. The lowest BCUT2D eigenvalue weighted by Crippen LogP contribution is -2.24. The second-order valence-electron chi connectivity index (χ2n) is 5.67. The molecule has 3 aromatic rings. The van der Waals surface area contributed by atoms with Crippen LogP contribution in [0.3, 0.4) is 0 Å². The van der Waals surface area contributed by atoms with E-state index in [-0.39, 0.29) is 0 Å². The van der Waals surface area contributed by atoms with Crippen molar-refractivity contribution >= 4 is 17.2 Å². The number of nitrogens with zero attached hydrogens (tertiary/aromatic N) is 3. The Balaban J connectivity index is 1.53. The highest BCUT2D eigenvalue weighted by atomic mass is 35.5. The van der Waals surface area contributed by atoms with Crippen LogP contribution >= 0.6 is 11.6 Å². The molecule has 2 aromatic heterocycles. The molecule has 0 aliphatic carbocycles. The van der Waals surface area contributed by atoms with E-state index in [1.807, 2.05) is 36.4 Å². The number of fused-ring (bicyclic) bond motifs is 1. The van der Waals surface area contributed by atoms with Gasteiger partial charge in [-0.15, -0.1) is 0 Å². The quantitative estimate of drug-likeness (QED) is 0.689. The zero-order valence-electron chi connectivity index (χ0n) is 13.4. The van der Waals surface area contributed by atoms with Gasteiger partial charge in [-0.2, -0.15) is 0 Å². The number of likely N-dealkylation sites (N-methyl/N-ethyl adjacent to an activating group) is 1. The Morgan fingerprint density at radius 2 is 1.96 bits per heavy atom. The summed E-state index contributed by atoms with van der Waals surface area (Å²) in [5.74, 6) is 0.839. The summed E-state index contributed by atoms with van der Waals surface area (Å²) in [5.41, 5.74) is 3.24. The molecule has 23 heavy (non-hydrogen) atoms. The molecule has 0 radical (unpaired) electrons. The fraction of sp³-hybridized carbons (Fsp3) is 0.278. The van der Waals surface area contributed by atoms with Crippen molar-refractivity contribution < 1.29 is 4.74 Å². The number of ether oxygens (including phenoxy) is 1. The summed E-state index contributed by atoms with van der Waals surface area (Å²) in [4.78, 5) is 6.86. The first-order chi connectivity index (χ1) is 11.1. The van der Waals surface area contributed by atoms with Crippen molar-refractivity contribution in [1.29, 1.82) is 0 Å². The van der Waals surface area contributed by atoms with Crippen molar-refractivity contribution in [2.24, 2.45) is 0 Å². The third kappa shape index (κ3) is 4.03. The lowest BCUT2D eigenvalue weighted by Gasteiger charge is -2.15. The molecule has 3 rings (SSSR count). The third-order valence-corrected chi connectivity index (χ3v) is 3.99. The molecule has 4 nitrogen and oxygen atoms in total. The van der Waals surface area contributed by atoms with Gasteiger partial charge in [0, 0.05) is 30.0 Å². The maximum atomic E-state index is 5.86. The first-order valence-electron chi connectivity index (χ1n) is 7.62. The van der Waals surface area contributed by atoms with Gasteiger partial charge in [0.1, 0.15) is 18.0 Å². The Labute approximate surface area is 141 Å². The van der Waals surface area contributed by atoms with Crippen LogP contribution < -0.4 is 4.74 Å². The molecule has 5 heteroatoms. The topological polar surface area (TPSA) is 29.8 Å². The van der Waals surface area contributed by atoms with Gasteiger partial charge in [0.2, 0.25) is 0 Å². The Morgan fingerprint density at radius 3 is 2.70 bits per heavy atom. The first-order valence-corrected chi connectivity index (χ1v) is 8.00. The Kier molecular flexibility index (Phi) is 4.84. The normalized spacial score (nSPS) is 11.3. The van der Waals surface area contributed by atoms with Crippen molar-refractivity contribution in [1.82, 2.24) is 14.3 Å². The number of hydrogen-bond donors (Lipinski definition) is 0. The lowest BCUT2D eigenvalue weighted by molar-refractivity contribution is 0.231. The molecule has 0 amide bonds. The standard InChI is InChI=1S/C18H20ClN3O/c1-14-4-3-5-18-20-16(13-22(14)18)12-21(2)10-11-23-17-8-6-15(19)7-9-17/h3-9,13H,10-12H2,1-2H3. The molecule has 0 aliphatic rings. The highest BCUT2D eigenvalue weighted by molar-refractivity contribution is 6.30. The van der Waals surface area contributed by atoms with Crippen molar-refractivity contribution in [2.45, 2.75) is 13.5 Å². The minimum absolute atomic E-state index is 0.629. The number of benzene rings is 1. The molecule has 0 bridgehead atoms. The van der Waals surface area contributed by atoms with E-state index in [1.54, 1.807) is 0 Å². The van der Waals surface area contributed by atoms with Crippen LogP contribution in [0, 0.1) is 6.92 Å². The average Bonchev–Trinajstić information content (AvgIpc) is 2.93. The van der Waals surface area contributed by atoms with Crippen LogP contribution in [0.15, 0.2) is 48.7 Å². The summed E-state index contributed by atoms with van der Waals surface area (Å²) < 4.78 is 7.84. The smallest absolute Gasteiger partial charge is 0.137 e. The van der Waals surface area contributed by atoms with E-state index in [9.17, 15) is 0 Å². The van der Waals surface area contributed by atoms with Gasteiger partial charge in [-0.05, 0) is 50.4 Å². The Hall–Kier alpha value is -2.04. The number of halogens is 1. The van der Waals surface area contributed by atoms with Gasteiger partial charge in [0.05, 0.1) is 5.69 Å². The molecule has 0 fully saturated rings. The van der Waals surface area contributed by atoms with Crippen molar-refractivity contribution in [2.75, 3.05) is 20.2 Å². The van der Waals surface area contributed by atoms with E-state index in [2.05, 4.69) is 40.5 Å². The van der Waals surface area contributed by atoms with E-state index >= 15 is 0 Å². The lowest BCUT2D eigenvalue weighted by atomic mass is 10.3. The van der Waals surface area contributed by atoms with E-state index in [0.717, 1.165) is 35.2 Å². The molecule has 0 aliphatic heterocycles. The highest BCUT2D eigenvalue weighted by Crippen LogP contribution is 2.15. The zero-order valence-corrected chi connectivity index (χ0v) is 14.1. The predicted molar refractivity (Wildman–Crippen MR) is 93.2 cm³/mol. The summed E-state index contributed by atoms with van der Waals surface area (Å²) >= 11 is 5.86. The number of aryl methyl sites for hydroxylation is 1. The number of imidazole rings is 1. The molecule has 0 spiro atoms. The minimum Gasteiger partial charge on any atom is -0.492 e. The van der Waals surface area contributed by atoms with Crippen molar-refractivity contribution in [3.63, 3.8) is 0 Å². The molecular formula is C18H20ClN3O. The zero-order chi connectivity index (χ0) is 16.2. The van der Waals surface area contributed by atoms with Crippen LogP contribution in [0.5, 0.6) is 5.75 Å². The second kappa shape index (κ2) is 7.02. The number of pyridine rings is 1. The Bertz CT molecular complexity index is 783. The SMILES string of the molecule is Cc1cccc2nc(CN(C)CCOc3ccc(Cl)cc3)cn12. The molecule has 0 saturated heterocycles. The van der Waals surface area contributed by atoms with Gasteiger partial charge in [0.15, 0.2) is 0 Å². The summed E-state index contributed by atoms with van der Waals surface area (Å²) in [5, 5.41) is 0.719. The summed E-state index contributed by atoms with van der Waals surface area (Å²) in [7, 11) is 2.07. The van der Waals surface area contributed by atoms with Crippen LogP contribution in [0.2, 0.25) is 5.02 Å². The molecular weight excluding hydrogens is 310 g/mol. The molecule has 0 N–H and O–H groups in total. The summed E-state index contributed by atoms with van der Waals surface area (Å²) in [6.07, 6.45) is 2.10. The maximum absolute atomic E-state index is 5.86. The van der Waals surface area contributed by atoms with E-state index in [4.69, 9.17) is 16.3 Å². The van der Waals surface area contributed by atoms with E-state index in [0.29, 0.717) is 6.61 Å². The largest absolute Gasteiger partial charge is 0.492 e. The van der Waals surface area contributed by atoms with Crippen molar-refractivity contribution in [3.8, 4) is 5.75 Å². The van der Waals surface area contributed by atoms with Gasteiger partial charge >= 0.3 is 0 Å². The highest BCUT2D eigenvalue weighted by Gasteiger charge is 2.06. The van der Waals surface area contributed by atoms with Gasteiger partial charge in [-0.1, -0.05) is 17.7 Å². The predicted octanol–water partition coefficient (Wildman–Crippen LogP) is 3.81.